The molecule has 2 rings (SSSR count). The van der Waals surface area contributed by atoms with Crippen molar-refractivity contribution >= 4 is 17.6 Å². The largest absolute Gasteiger partial charge is 0.497 e. The summed E-state index contributed by atoms with van der Waals surface area (Å²) in [6.45, 7) is 0. The monoisotopic (exact) mass is 248 g/mol. The minimum absolute atomic E-state index is 0.111. The van der Waals surface area contributed by atoms with Gasteiger partial charge in [-0.05, 0) is 12.1 Å². The molecule has 7 nitrogen and oxygen atoms in total. The van der Waals surface area contributed by atoms with Crippen LogP contribution in [0.5, 0.6) is 5.75 Å². The van der Waals surface area contributed by atoms with Gasteiger partial charge in [0, 0.05) is 6.07 Å². The van der Waals surface area contributed by atoms with Gasteiger partial charge in [-0.3, -0.25) is 5.32 Å². The van der Waals surface area contributed by atoms with E-state index < -0.39 is 6.09 Å². The summed E-state index contributed by atoms with van der Waals surface area (Å²) in [4.78, 5) is 10.5. The molecule has 1 aromatic heterocycles. The molecule has 0 atom stereocenters. The SMILES string of the molecule is COc1cccc(-n2cc(NC(=O)O)c(N)n2)c1. The fourth-order valence-electron chi connectivity index (χ4n) is 1.48. The first-order chi connectivity index (χ1) is 8.60. The number of amides is 1. The number of carbonyl (C=O) groups is 1. The highest BCUT2D eigenvalue weighted by molar-refractivity contribution is 5.86. The molecule has 0 aliphatic heterocycles. The van der Waals surface area contributed by atoms with Crippen molar-refractivity contribution in [2.24, 2.45) is 0 Å². The Hall–Kier alpha value is -2.70. The fourth-order valence-corrected chi connectivity index (χ4v) is 1.48. The standard InChI is InChI=1S/C11H12N4O3/c1-18-8-4-2-3-7(5-8)15-6-9(10(12)14-15)13-11(16)17/h2-6,13H,1H3,(H2,12,14)(H,16,17). The highest BCUT2D eigenvalue weighted by Crippen LogP contribution is 2.21. The van der Waals surface area contributed by atoms with E-state index in [-0.39, 0.29) is 11.5 Å². The summed E-state index contributed by atoms with van der Waals surface area (Å²) < 4.78 is 6.57. The molecule has 94 valence electrons. The van der Waals surface area contributed by atoms with Gasteiger partial charge in [-0.1, -0.05) is 6.07 Å². The second-order valence-electron chi connectivity index (χ2n) is 3.50. The van der Waals surface area contributed by atoms with Crippen LogP contribution in [-0.4, -0.2) is 28.1 Å². The van der Waals surface area contributed by atoms with Crippen LogP contribution in [0.4, 0.5) is 16.3 Å². The number of nitrogens with one attached hydrogen (secondary N) is 1. The van der Waals surface area contributed by atoms with Crippen LogP contribution in [0.1, 0.15) is 0 Å². The highest BCUT2D eigenvalue weighted by Gasteiger charge is 2.09. The number of carboxylic acid groups (broad SMARTS) is 1. The minimum Gasteiger partial charge on any atom is -0.497 e. The molecule has 18 heavy (non-hydrogen) atoms. The third kappa shape index (κ3) is 2.34. The summed E-state index contributed by atoms with van der Waals surface area (Å²) in [6, 6.07) is 7.17. The van der Waals surface area contributed by atoms with E-state index >= 15 is 0 Å². The van der Waals surface area contributed by atoms with Crippen molar-refractivity contribution in [1.82, 2.24) is 9.78 Å². The van der Waals surface area contributed by atoms with E-state index in [4.69, 9.17) is 15.6 Å². The summed E-state index contributed by atoms with van der Waals surface area (Å²) in [6.07, 6.45) is 0.310. The van der Waals surface area contributed by atoms with Crippen molar-refractivity contribution < 1.29 is 14.6 Å². The molecule has 4 N–H and O–H groups in total. The van der Waals surface area contributed by atoms with Crippen molar-refractivity contribution in [2.75, 3.05) is 18.2 Å². The number of nitrogens with two attached hydrogens (primary N) is 1. The zero-order chi connectivity index (χ0) is 13.1. The molecule has 1 aromatic carbocycles. The third-order valence-corrected chi connectivity index (χ3v) is 2.30. The highest BCUT2D eigenvalue weighted by atomic mass is 16.5. The number of hydrogen-bond donors (Lipinski definition) is 3. The quantitative estimate of drug-likeness (QED) is 0.764. The molecular weight excluding hydrogens is 236 g/mol. The van der Waals surface area contributed by atoms with Gasteiger partial charge in [-0.25, -0.2) is 9.48 Å². The maximum Gasteiger partial charge on any atom is 0.409 e. The van der Waals surface area contributed by atoms with Crippen molar-refractivity contribution in [3.8, 4) is 11.4 Å². The summed E-state index contributed by atoms with van der Waals surface area (Å²) in [5.74, 6) is 0.787. The summed E-state index contributed by atoms with van der Waals surface area (Å²) in [7, 11) is 1.56. The number of nitrogens with zero attached hydrogens (tertiary/aromatic N) is 2. The Labute approximate surface area is 103 Å². The van der Waals surface area contributed by atoms with Crippen molar-refractivity contribution in [3.63, 3.8) is 0 Å². The van der Waals surface area contributed by atoms with E-state index in [9.17, 15) is 4.79 Å². The maximum atomic E-state index is 10.5. The van der Waals surface area contributed by atoms with Crippen LogP contribution in [0.15, 0.2) is 30.5 Å². The molecule has 0 aliphatic rings. The van der Waals surface area contributed by atoms with Crippen LogP contribution >= 0.6 is 0 Å². The Balaban J connectivity index is 2.35. The van der Waals surface area contributed by atoms with Crippen molar-refractivity contribution in [1.29, 1.82) is 0 Å². The third-order valence-electron chi connectivity index (χ3n) is 2.30. The molecule has 0 aliphatic carbocycles. The van der Waals surface area contributed by atoms with E-state index in [2.05, 4.69) is 10.4 Å². The number of nitrogen functional groups attached to an aromatic ring is 1. The van der Waals surface area contributed by atoms with Gasteiger partial charge in [0.1, 0.15) is 11.4 Å². The molecule has 0 bridgehead atoms. The second kappa shape index (κ2) is 4.66. The van der Waals surface area contributed by atoms with Gasteiger partial charge in [0.15, 0.2) is 5.82 Å². The van der Waals surface area contributed by atoms with E-state index in [1.165, 1.54) is 10.9 Å². The molecule has 0 saturated heterocycles. The zero-order valence-electron chi connectivity index (χ0n) is 9.62. The number of hydrogen-bond acceptors (Lipinski definition) is 4. The Morgan fingerprint density at radius 2 is 2.33 bits per heavy atom. The van der Waals surface area contributed by atoms with E-state index in [0.29, 0.717) is 5.75 Å². The predicted octanol–water partition coefficient (Wildman–Crippen LogP) is 1.55. The van der Waals surface area contributed by atoms with Gasteiger partial charge >= 0.3 is 6.09 Å². The molecule has 0 radical (unpaired) electrons. The first-order valence-electron chi connectivity index (χ1n) is 5.09. The Morgan fingerprint density at radius 1 is 1.56 bits per heavy atom. The maximum absolute atomic E-state index is 10.5. The Bertz CT molecular complexity index is 579. The van der Waals surface area contributed by atoms with Gasteiger partial charge in [0.05, 0.1) is 19.0 Å². The predicted molar refractivity (Wildman–Crippen MR) is 66.2 cm³/mol. The first-order valence-corrected chi connectivity index (χ1v) is 5.09. The number of aromatic nitrogens is 2. The fraction of sp³-hybridized carbons (Fsp3) is 0.0909. The number of ether oxygens (including phenoxy) is 1. The number of benzene rings is 1. The molecule has 0 saturated carbocycles. The number of methoxy groups -OCH3 is 1. The number of anilines is 2. The summed E-state index contributed by atoms with van der Waals surface area (Å²) >= 11 is 0. The van der Waals surface area contributed by atoms with Gasteiger partial charge in [0.2, 0.25) is 0 Å². The van der Waals surface area contributed by atoms with Crippen LogP contribution in [0.2, 0.25) is 0 Å². The lowest BCUT2D eigenvalue weighted by Crippen LogP contribution is -2.07. The van der Waals surface area contributed by atoms with Gasteiger partial charge in [-0.15, -0.1) is 5.10 Å². The van der Waals surface area contributed by atoms with Gasteiger partial charge in [-0.2, -0.15) is 0 Å². The molecule has 2 aromatic rings. The lowest BCUT2D eigenvalue weighted by atomic mass is 10.3. The molecule has 0 spiro atoms. The van der Waals surface area contributed by atoms with E-state index in [1.54, 1.807) is 31.4 Å². The zero-order valence-corrected chi connectivity index (χ0v) is 9.62. The van der Waals surface area contributed by atoms with E-state index in [1.807, 2.05) is 0 Å². The topological polar surface area (TPSA) is 102 Å². The van der Waals surface area contributed by atoms with Crippen LogP contribution < -0.4 is 15.8 Å². The molecule has 1 amide bonds. The van der Waals surface area contributed by atoms with Crippen LogP contribution in [-0.2, 0) is 0 Å². The minimum atomic E-state index is -1.19. The Kier molecular flexibility index (Phi) is 3.05. The summed E-state index contributed by atoms with van der Waals surface area (Å²) in [5, 5.41) is 14.8. The van der Waals surface area contributed by atoms with Gasteiger partial charge < -0.3 is 15.6 Å². The smallest absolute Gasteiger partial charge is 0.409 e. The molecule has 1 heterocycles. The van der Waals surface area contributed by atoms with E-state index in [0.717, 1.165) is 5.69 Å². The van der Waals surface area contributed by atoms with Crippen LogP contribution in [0, 0.1) is 0 Å². The van der Waals surface area contributed by atoms with Gasteiger partial charge in [0.25, 0.3) is 0 Å². The lowest BCUT2D eigenvalue weighted by Gasteiger charge is -2.03. The van der Waals surface area contributed by atoms with Crippen molar-refractivity contribution in [2.45, 2.75) is 0 Å². The molecule has 7 heteroatoms. The first kappa shape index (κ1) is 11.8. The average molecular weight is 248 g/mol. The average Bonchev–Trinajstić information content (AvgIpc) is 2.70. The summed E-state index contributed by atoms with van der Waals surface area (Å²) in [5.41, 5.74) is 6.57. The molecule has 0 fully saturated rings. The van der Waals surface area contributed by atoms with Crippen LogP contribution in [0.25, 0.3) is 5.69 Å². The van der Waals surface area contributed by atoms with Crippen LogP contribution in [0.3, 0.4) is 0 Å². The normalized spacial score (nSPS) is 10.1. The second-order valence-corrected chi connectivity index (χ2v) is 3.50. The lowest BCUT2D eigenvalue weighted by molar-refractivity contribution is 0.210. The Morgan fingerprint density at radius 3 is 3.00 bits per heavy atom. The van der Waals surface area contributed by atoms with Crippen molar-refractivity contribution in [3.05, 3.63) is 30.5 Å². The number of rotatable bonds is 3. The molecular formula is C11H12N4O3. The molecule has 0 unspecified atom stereocenters.